The molecule has 0 saturated heterocycles. The highest BCUT2D eigenvalue weighted by Gasteiger charge is 2.11. The predicted octanol–water partition coefficient (Wildman–Crippen LogP) is 4.76. The van der Waals surface area contributed by atoms with E-state index in [9.17, 15) is 4.79 Å². The molecule has 3 aromatic carbocycles. The first-order chi connectivity index (χ1) is 12.7. The van der Waals surface area contributed by atoms with Crippen LogP contribution in [0, 0.1) is 0 Å². The maximum Gasteiger partial charge on any atom is 0.185 e. The first kappa shape index (κ1) is 17.5. The van der Waals surface area contributed by atoms with Gasteiger partial charge in [-0.15, -0.1) is 0 Å². The van der Waals surface area contributed by atoms with Crippen molar-refractivity contribution in [1.82, 2.24) is 0 Å². The van der Waals surface area contributed by atoms with E-state index in [4.69, 9.17) is 14.2 Å². The first-order valence-corrected chi connectivity index (χ1v) is 8.17. The van der Waals surface area contributed by atoms with Gasteiger partial charge in [0.05, 0.1) is 26.9 Å². The van der Waals surface area contributed by atoms with Crippen LogP contribution in [0.1, 0.15) is 15.9 Å². The van der Waals surface area contributed by atoms with Gasteiger partial charge in [-0.05, 0) is 29.0 Å². The zero-order valence-electron chi connectivity index (χ0n) is 15.0. The molecule has 0 radical (unpaired) electrons. The summed E-state index contributed by atoms with van der Waals surface area (Å²) in [5.41, 5.74) is 1.32. The molecule has 0 amide bonds. The number of rotatable bonds is 6. The quantitative estimate of drug-likeness (QED) is 0.476. The van der Waals surface area contributed by atoms with E-state index in [0.29, 0.717) is 28.4 Å². The van der Waals surface area contributed by atoms with E-state index in [1.165, 1.54) is 6.08 Å². The first-order valence-electron chi connectivity index (χ1n) is 8.17. The molecular weight excluding hydrogens is 328 g/mol. The van der Waals surface area contributed by atoms with Crippen LogP contribution in [0.3, 0.4) is 0 Å². The van der Waals surface area contributed by atoms with Crippen LogP contribution in [-0.2, 0) is 0 Å². The van der Waals surface area contributed by atoms with Crippen molar-refractivity contribution < 1.29 is 19.0 Å². The molecule has 0 heterocycles. The van der Waals surface area contributed by atoms with Crippen molar-refractivity contribution in [2.24, 2.45) is 0 Å². The van der Waals surface area contributed by atoms with E-state index in [-0.39, 0.29) is 5.78 Å². The van der Waals surface area contributed by atoms with Crippen molar-refractivity contribution in [3.8, 4) is 17.2 Å². The predicted molar refractivity (Wildman–Crippen MR) is 103 cm³/mol. The number of allylic oxidation sites excluding steroid dienone is 1. The maximum atomic E-state index is 12.6. The molecule has 4 heteroatoms. The average Bonchev–Trinajstić information content (AvgIpc) is 2.70. The lowest BCUT2D eigenvalue weighted by Gasteiger charge is -2.12. The van der Waals surface area contributed by atoms with E-state index >= 15 is 0 Å². The summed E-state index contributed by atoms with van der Waals surface area (Å²) in [4.78, 5) is 12.6. The summed E-state index contributed by atoms with van der Waals surface area (Å²) in [6.45, 7) is 0. The van der Waals surface area contributed by atoms with Crippen LogP contribution in [0.25, 0.3) is 16.8 Å². The summed E-state index contributed by atoms with van der Waals surface area (Å²) >= 11 is 0. The summed E-state index contributed by atoms with van der Waals surface area (Å²) in [7, 11) is 4.71. The van der Waals surface area contributed by atoms with Gasteiger partial charge in [0.25, 0.3) is 0 Å². The van der Waals surface area contributed by atoms with Crippen LogP contribution >= 0.6 is 0 Å². The number of ketones is 1. The number of methoxy groups -OCH3 is 3. The minimum Gasteiger partial charge on any atom is -0.496 e. The van der Waals surface area contributed by atoms with E-state index < -0.39 is 0 Å². The van der Waals surface area contributed by atoms with Gasteiger partial charge < -0.3 is 14.2 Å². The van der Waals surface area contributed by atoms with Crippen LogP contribution in [0.15, 0.2) is 60.7 Å². The molecule has 0 bridgehead atoms. The Hall–Kier alpha value is -3.27. The molecule has 0 unspecified atom stereocenters. The van der Waals surface area contributed by atoms with Gasteiger partial charge in [-0.2, -0.15) is 0 Å². The largest absolute Gasteiger partial charge is 0.496 e. The molecule has 0 aliphatic carbocycles. The van der Waals surface area contributed by atoms with Crippen LogP contribution in [0.2, 0.25) is 0 Å². The molecule has 0 spiro atoms. The Kier molecular flexibility index (Phi) is 5.23. The number of fused-ring (bicyclic) bond motifs is 1. The summed E-state index contributed by atoms with van der Waals surface area (Å²) in [5.74, 6) is 1.68. The Morgan fingerprint density at radius 3 is 2.08 bits per heavy atom. The number of hydrogen-bond donors (Lipinski definition) is 0. The third-order valence-corrected chi connectivity index (χ3v) is 4.19. The lowest BCUT2D eigenvalue weighted by molar-refractivity contribution is 0.104. The molecule has 26 heavy (non-hydrogen) atoms. The van der Waals surface area contributed by atoms with Gasteiger partial charge in [-0.3, -0.25) is 4.79 Å². The highest BCUT2D eigenvalue weighted by atomic mass is 16.5. The van der Waals surface area contributed by atoms with E-state index in [0.717, 1.165) is 10.8 Å². The van der Waals surface area contributed by atoms with Gasteiger partial charge in [0.2, 0.25) is 0 Å². The minimum absolute atomic E-state index is 0.0873. The summed E-state index contributed by atoms with van der Waals surface area (Å²) in [6, 6.07) is 17.1. The fraction of sp³-hybridized carbons (Fsp3) is 0.136. The Morgan fingerprint density at radius 2 is 1.46 bits per heavy atom. The third-order valence-electron chi connectivity index (χ3n) is 4.19. The zero-order chi connectivity index (χ0) is 18.5. The normalized spacial score (nSPS) is 10.9. The second-order valence-electron chi connectivity index (χ2n) is 5.71. The van der Waals surface area contributed by atoms with Crippen molar-refractivity contribution in [1.29, 1.82) is 0 Å². The van der Waals surface area contributed by atoms with Crippen LogP contribution in [0.4, 0.5) is 0 Å². The maximum absolute atomic E-state index is 12.6. The highest BCUT2D eigenvalue weighted by Crippen LogP contribution is 2.35. The number of benzene rings is 3. The second kappa shape index (κ2) is 7.74. The van der Waals surface area contributed by atoms with Gasteiger partial charge in [-0.25, -0.2) is 0 Å². The third kappa shape index (κ3) is 3.54. The van der Waals surface area contributed by atoms with Crippen molar-refractivity contribution in [2.75, 3.05) is 21.3 Å². The topological polar surface area (TPSA) is 44.8 Å². The van der Waals surface area contributed by atoms with Crippen LogP contribution in [-0.4, -0.2) is 27.1 Å². The summed E-state index contributed by atoms with van der Waals surface area (Å²) in [5, 5.41) is 2.14. The summed E-state index contributed by atoms with van der Waals surface area (Å²) < 4.78 is 16.0. The Labute approximate surface area is 152 Å². The SMILES string of the molecule is COc1cc(OC)c(/C=C/C(=O)c2ccc3ccccc3c2)c(OC)c1. The van der Waals surface area contributed by atoms with Crippen LogP contribution in [0.5, 0.6) is 17.2 Å². The zero-order valence-corrected chi connectivity index (χ0v) is 15.0. The van der Waals surface area contributed by atoms with Crippen molar-refractivity contribution in [3.63, 3.8) is 0 Å². The van der Waals surface area contributed by atoms with Gasteiger partial charge in [0, 0.05) is 17.7 Å². The number of carbonyl (C=O) groups is 1. The molecule has 0 aliphatic heterocycles. The molecule has 132 valence electrons. The number of hydrogen-bond acceptors (Lipinski definition) is 4. The Morgan fingerprint density at radius 1 is 0.808 bits per heavy atom. The summed E-state index contributed by atoms with van der Waals surface area (Å²) in [6.07, 6.45) is 3.23. The molecular formula is C22H20O4. The van der Waals surface area contributed by atoms with Gasteiger partial charge >= 0.3 is 0 Å². The van der Waals surface area contributed by atoms with Gasteiger partial charge in [0.15, 0.2) is 5.78 Å². The molecule has 0 saturated carbocycles. The van der Waals surface area contributed by atoms with E-state index in [2.05, 4.69) is 0 Å². The fourth-order valence-electron chi connectivity index (χ4n) is 2.79. The fourth-order valence-corrected chi connectivity index (χ4v) is 2.79. The molecule has 4 nitrogen and oxygen atoms in total. The lowest BCUT2D eigenvalue weighted by atomic mass is 10.0. The molecule has 0 atom stereocenters. The molecule has 0 aromatic heterocycles. The Balaban J connectivity index is 1.94. The molecule has 0 fully saturated rings. The van der Waals surface area contributed by atoms with E-state index in [1.54, 1.807) is 39.5 Å². The number of ether oxygens (including phenoxy) is 3. The van der Waals surface area contributed by atoms with Gasteiger partial charge in [-0.1, -0.05) is 36.4 Å². The minimum atomic E-state index is -0.0873. The molecule has 3 rings (SSSR count). The second-order valence-corrected chi connectivity index (χ2v) is 5.71. The molecule has 3 aromatic rings. The van der Waals surface area contributed by atoms with Crippen LogP contribution < -0.4 is 14.2 Å². The van der Waals surface area contributed by atoms with Crippen molar-refractivity contribution in [3.05, 3.63) is 71.8 Å². The van der Waals surface area contributed by atoms with E-state index in [1.807, 2.05) is 42.5 Å². The average molecular weight is 348 g/mol. The lowest BCUT2D eigenvalue weighted by Crippen LogP contribution is -1.97. The van der Waals surface area contributed by atoms with Crippen molar-refractivity contribution in [2.45, 2.75) is 0 Å². The monoisotopic (exact) mass is 348 g/mol. The highest BCUT2D eigenvalue weighted by molar-refractivity contribution is 6.09. The molecule has 0 aliphatic rings. The standard InChI is InChI=1S/C22H20O4/c1-24-18-13-21(25-2)19(22(14-18)26-3)10-11-20(23)17-9-8-15-6-4-5-7-16(15)12-17/h4-14H,1-3H3/b11-10+. The smallest absolute Gasteiger partial charge is 0.185 e. The van der Waals surface area contributed by atoms with Gasteiger partial charge in [0.1, 0.15) is 17.2 Å². The Bertz CT molecular complexity index is 948. The molecule has 0 N–H and O–H groups in total. The number of carbonyl (C=O) groups excluding carboxylic acids is 1. The van der Waals surface area contributed by atoms with Crippen molar-refractivity contribution >= 4 is 22.6 Å².